The minimum atomic E-state index is -0.597. The Morgan fingerprint density at radius 1 is 1.14 bits per heavy atom. The van der Waals surface area contributed by atoms with Gasteiger partial charge in [0.1, 0.15) is 18.2 Å². The third-order valence-corrected chi connectivity index (χ3v) is 6.33. The van der Waals surface area contributed by atoms with E-state index in [-0.39, 0.29) is 29.2 Å². The van der Waals surface area contributed by atoms with Gasteiger partial charge in [-0.25, -0.2) is 9.37 Å². The van der Waals surface area contributed by atoms with E-state index < -0.39 is 21.7 Å². The van der Waals surface area contributed by atoms with Crippen LogP contribution in [0.4, 0.5) is 10.1 Å². The molecule has 0 aliphatic heterocycles. The van der Waals surface area contributed by atoms with Crippen molar-refractivity contribution in [2.45, 2.75) is 32.8 Å². The largest absolute Gasteiger partial charge is 0.481 e. The summed E-state index contributed by atoms with van der Waals surface area (Å²) in [5.41, 5.74) is -0.305. The second-order valence-corrected chi connectivity index (χ2v) is 11.0. The number of hydrogen-bond donors (Lipinski definition) is 0. The van der Waals surface area contributed by atoms with Gasteiger partial charge in [0.15, 0.2) is 0 Å². The molecular formula is C26H21Br2FN4O4. The minimum absolute atomic E-state index is 0.109. The fraction of sp³-hybridized carbons (Fsp3) is 0.192. The highest BCUT2D eigenvalue weighted by Crippen LogP contribution is 2.35. The van der Waals surface area contributed by atoms with Crippen LogP contribution in [-0.4, -0.2) is 20.8 Å². The summed E-state index contributed by atoms with van der Waals surface area (Å²) in [4.78, 5) is 29.3. The molecule has 1 heterocycles. The molecule has 0 aliphatic carbocycles. The first-order chi connectivity index (χ1) is 17.5. The van der Waals surface area contributed by atoms with Crippen molar-refractivity contribution in [3.8, 4) is 5.75 Å². The molecule has 3 aromatic carbocycles. The molecule has 0 amide bonds. The summed E-state index contributed by atoms with van der Waals surface area (Å²) in [6.07, 6.45) is 1.30. The lowest BCUT2D eigenvalue weighted by molar-refractivity contribution is -0.386. The normalized spacial score (nSPS) is 11.8. The van der Waals surface area contributed by atoms with Crippen LogP contribution in [0.2, 0.25) is 0 Å². The third kappa shape index (κ3) is 5.78. The predicted octanol–water partition coefficient (Wildman–Crippen LogP) is 6.73. The summed E-state index contributed by atoms with van der Waals surface area (Å²) in [7, 11) is 0. The third-order valence-electron chi connectivity index (χ3n) is 5.38. The van der Waals surface area contributed by atoms with E-state index in [4.69, 9.17) is 4.74 Å². The number of fused-ring (bicyclic) bond motifs is 1. The Labute approximate surface area is 228 Å². The number of hydrogen-bond acceptors (Lipinski definition) is 6. The average Bonchev–Trinajstić information content (AvgIpc) is 2.83. The summed E-state index contributed by atoms with van der Waals surface area (Å²) in [6.45, 7) is 5.46. The molecule has 4 rings (SSSR count). The van der Waals surface area contributed by atoms with Crippen molar-refractivity contribution in [3.63, 3.8) is 0 Å². The van der Waals surface area contributed by atoms with Crippen molar-refractivity contribution in [2.24, 2.45) is 5.10 Å². The summed E-state index contributed by atoms with van der Waals surface area (Å²) in [5.74, 6) is -0.198. The highest BCUT2D eigenvalue weighted by atomic mass is 79.9. The number of halogens is 3. The van der Waals surface area contributed by atoms with Crippen molar-refractivity contribution in [1.29, 1.82) is 0 Å². The molecular weight excluding hydrogens is 611 g/mol. The maximum absolute atomic E-state index is 14.1. The summed E-state index contributed by atoms with van der Waals surface area (Å²) >= 11 is 6.66. The van der Waals surface area contributed by atoms with Gasteiger partial charge in [-0.15, -0.1) is 0 Å². The van der Waals surface area contributed by atoms with Crippen LogP contribution in [0.1, 0.15) is 37.7 Å². The Kier molecular flexibility index (Phi) is 7.56. The van der Waals surface area contributed by atoms with Gasteiger partial charge in [-0.05, 0) is 30.3 Å². The number of rotatable bonds is 6. The lowest BCUT2D eigenvalue weighted by atomic mass is 9.95. The van der Waals surface area contributed by atoms with E-state index in [1.165, 1.54) is 29.1 Å². The van der Waals surface area contributed by atoms with Crippen LogP contribution in [-0.2, 0) is 12.0 Å². The first-order valence-corrected chi connectivity index (χ1v) is 12.7. The van der Waals surface area contributed by atoms with Gasteiger partial charge >= 0.3 is 5.69 Å². The molecule has 1 aromatic heterocycles. The molecule has 0 saturated heterocycles. The SMILES string of the molecule is CC(C)(C)c1nc2ccc(Br)cc2c(=O)n1N=Cc1cc(Br)cc([N+](=O)[O-])c1OCc1ccccc1F. The number of nitrogens with zero attached hydrogens (tertiary/aromatic N) is 4. The van der Waals surface area contributed by atoms with Gasteiger partial charge in [0.2, 0.25) is 5.75 Å². The highest BCUT2D eigenvalue weighted by Gasteiger charge is 2.24. The molecule has 0 N–H and O–H groups in total. The van der Waals surface area contributed by atoms with Crippen LogP contribution in [0, 0.1) is 15.9 Å². The number of benzene rings is 3. The van der Waals surface area contributed by atoms with Crippen LogP contribution in [0.3, 0.4) is 0 Å². The van der Waals surface area contributed by atoms with Gasteiger partial charge in [-0.3, -0.25) is 14.9 Å². The Hall–Kier alpha value is -3.44. The molecule has 0 atom stereocenters. The first-order valence-electron chi connectivity index (χ1n) is 11.1. The van der Waals surface area contributed by atoms with Gasteiger partial charge in [0.25, 0.3) is 5.56 Å². The van der Waals surface area contributed by atoms with Gasteiger partial charge < -0.3 is 4.74 Å². The molecule has 8 nitrogen and oxygen atoms in total. The lowest BCUT2D eigenvalue weighted by Gasteiger charge is -2.21. The van der Waals surface area contributed by atoms with Crippen LogP contribution < -0.4 is 10.3 Å². The fourth-order valence-electron chi connectivity index (χ4n) is 3.62. The van der Waals surface area contributed by atoms with Gasteiger partial charge in [0.05, 0.1) is 22.0 Å². The molecule has 190 valence electrons. The zero-order valence-corrected chi connectivity index (χ0v) is 23.2. The quantitative estimate of drug-likeness (QED) is 0.133. The number of nitro benzene ring substituents is 1. The van der Waals surface area contributed by atoms with E-state index in [0.29, 0.717) is 25.7 Å². The zero-order valence-electron chi connectivity index (χ0n) is 20.0. The lowest BCUT2D eigenvalue weighted by Crippen LogP contribution is -2.29. The molecule has 0 spiro atoms. The molecule has 0 aliphatic rings. The van der Waals surface area contributed by atoms with Crippen LogP contribution in [0.25, 0.3) is 10.9 Å². The second kappa shape index (κ2) is 10.5. The van der Waals surface area contributed by atoms with Crippen molar-refractivity contribution < 1.29 is 14.1 Å². The Bertz CT molecular complexity index is 1610. The molecule has 11 heteroatoms. The predicted molar refractivity (Wildman–Crippen MR) is 147 cm³/mol. The number of ether oxygens (including phenoxy) is 1. The smallest absolute Gasteiger partial charge is 0.312 e. The molecule has 37 heavy (non-hydrogen) atoms. The molecule has 0 bridgehead atoms. The van der Waals surface area contributed by atoms with Crippen molar-refractivity contribution >= 4 is 54.7 Å². The monoisotopic (exact) mass is 630 g/mol. The van der Waals surface area contributed by atoms with E-state index in [2.05, 4.69) is 41.9 Å². The molecule has 0 saturated carbocycles. The summed E-state index contributed by atoms with van der Waals surface area (Å²) in [6, 6.07) is 14.1. The van der Waals surface area contributed by atoms with E-state index in [0.717, 1.165) is 0 Å². The Morgan fingerprint density at radius 3 is 2.54 bits per heavy atom. The Balaban J connectivity index is 1.87. The number of aromatic nitrogens is 2. The average molecular weight is 632 g/mol. The van der Waals surface area contributed by atoms with Crippen molar-refractivity contribution in [3.05, 3.63) is 107 Å². The molecule has 0 radical (unpaired) electrons. The van der Waals surface area contributed by atoms with Crippen LogP contribution in [0.5, 0.6) is 5.75 Å². The topological polar surface area (TPSA) is 99.6 Å². The zero-order chi connectivity index (χ0) is 26.9. The van der Waals surface area contributed by atoms with Gasteiger partial charge in [0, 0.05) is 31.6 Å². The van der Waals surface area contributed by atoms with Crippen molar-refractivity contribution in [2.75, 3.05) is 0 Å². The van der Waals surface area contributed by atoms with Gasteiger partial charge in [-0.1, -0.05) is 70.8 Å². The van der Waals surface area contributed by atoms with Gasteiger partial charge in [-0.2, -0.15) is 9.78 Å². The minimum Gasteiger partial charge on any atom is -0.481 e. The molecule has 4 aromatic rings. The molecule has 0 unspecified atom stereocenters. The maximum atomic E-state index is 14.1. The van der Waals surface area contributed by atoms with Crippen LogP contribution >= 0.6 is 31.9 Å². The van der Waals surface area contributed by atoms with E-state index in [1.807, 2.05) is 20.8 Å². The summed E-state index contributed by atoms with van der Waals surface area (Å²) < 4.78 is 22.2. The standard InChI is InChI=1S/C26H21Br2FN4O4/c1-26(2,3)25-31-21-9-8-17(27)11-19(21)24(34)32(25)30-13-16-10-18(28)12-22(33(35)36)23(16)37-14-15-6-4-5-7-20(15)29/h4-13H,14H2,1-3H3. The second-order valence-electron chi connectivity index (χ2n) is 9.19. The fourth-order valence-corrected chi connectivity index (χ4v) is 4.44. The molecule has 0 fully saturated rings. The first kappa shape index (κ1) is 26.6. The van der Waals surface area contributed by atoms with Crippen LogP contribution in [0.15, 0.2) is 73.4 Å². The van der Waals surface area contributed by atoms with Crippen molar-refractivity contribution in [1.82, 2.24) is 9.66 Å². The summed E-state index contributed by atoms with van der Waals surface area (Å²) in [5, 5.41) is 16.6. The van der Waals surface area contributed by atoms with E-state index in [1.54, 1.807) is 36.4 Å². The maximum Gasteiger partial charge on any atom is 0.312 e. The van der Waals surface area contributed by atoms with E-state index in [9.17, 15) is 19.3 Å². The van der Waals surface area contributed by atoms with E-state index >= 15 is 0 Å². The number of nitro groups is 1. The Morgan fingerprint density at radius 2 is 1.86 bits per heavy atom. The highest BCUT2D eigenvalue weighted by molar-refractivity contribution is 9.10.